The van der Waals surface area contributed by atoms with Gasteiger partial charge in [0.1, 0.15) is 0 Å². The SMILES string of the molecule is CS.CS.O=C(O)O.O=C(O)O. The first-order valence-corrected chi connectivity index (χ1v) is 3.99. The summed E-state index contributed by atoms with van der Waals surface area (Å²) in [4.78, 5) is 17.1. The molecule has 0 spiro atoms. The van der Waals surface area contributed by atoms with Crippen LogP contribution in [0.4, 0.5) is 9.59 Å². The van der Waals surface area contributed by atoms with Gasteiger partial charge in [-0.15, -0.1) is 0 Å². The molecule has 0 amide bonds. The molecule has 0 bridgehead atoms. The average Bonchev–Trinajstić information content (AvgIpc) is 1.93. The van der Waals surface area contributed by atoms with Gasteiger partial charge >= 0.3 is 12.3 Å². The summed E-state index contributed by atoms with van der Waals surface area (Å²) in [5.41, 5.74) is 0. The first-order valence-electron chi connectivity index (χ1n) is 2.20. The van der Waals surface area contributed by atoms with E-state index in [9.17, 15) is 0 Å². The van der Waals surface area contributed by atoms with Gasteiger partial charge < -0.3 is 20.4 Å². The summed E-state index contributed by atoms with van der Waals surface area (Å²) in [6.45, 7) is 0. The fourth-order valence-electron chi connectivity index (χ4n) is 0. The normalized spacial score (nSPS) is 5.00. The summed E-state index contributed by atoms with van der Waals surface area (Å²) in [5.74, 6) is 0. The summed E-state index contributed by atoms with van der Waals surface area (Å²) in [5, 5.41) is 27.9. The van der Waals surface area contributed by atoms with Crippen LogP contribution < -0.4 is 0 Å². The summed E-state index contributed by atoms with van der Waals surface area (Å²) < 4.78 is 0. The molecule has 0 saturated carbocycles. The highest BCUT2D eigenvalue weighted by atomic mass is 32.1. The Morgan fingerprint density at radius 2 is 0.750 bits per heavy atom. The fourth-order valence-corrected chi connectivity index (χ4v) is 0. The number of thiol groups is 2. The van der Waals surface area contributed by atoms with E-state index in [0.29, 0.717) is 0 Å². The van der Waals surface area contributed by atoms with Gasteiger partial charge in [0.2, 0.25) is 0 Å². The number of rotatable bonds is 0. The third-order valence-corrected chi connectivity index (χ3v) is 0. The molecule has 12 heavy (non-hydrogen) atoms. The van der Waals surface area contributed by atoms with Crippen molar-refractivity contribution in [3.63, 3.8) is 0 Å². The number of hydrogen-bond donors (Lipinski definition) is 6. The van der Waals surface area contributed by atoms with E-state index in [1.165, 1.54) is 0 Å². The zero-order valence-corrected chi connectivity index (χ0v) is 8.29. The van der Waals surface area contributed by atoms with E-state index in [0.717, 1.165) is 0 Å². The molecule has 0 rings (SSSR count). The lowest BCUT2D eigenvalue weighted by atomic mass is 11.5. The van der Waals surface area contributed by atoms with Gasteiger partial charge in [-0.05, 0) is 12.5 Å². The van der Waals surface area contributed by atoms with Gasteiger partial charge in [-0.1, -0.05) is 0 Å². The van der Waals surface area contributed by atoms with E-state index in [1.54, 1.807) is 12.5 Å². The molecular weight excluding hydrogens is 208 g/mol. The molecule has 0 aromatic rings. The summed E-state index contributed by atoms with van der Waals surface area (Å²) in [6, 6.07) is 0. The maximum absolute atomic E-state index is 8.56. The van der Waals surface area contributed by atoms with Gasteiger partial charge in [0, 0.05) is 0 Å². The van der Waals surface area contributed by atoms with Gasteiger partial charge in [-0.3, -0.25) is 0 Å². The second-order valence-electron chi connectivity index (χ2n) is 0.565. The van der Waals surface area contributed by atoms with Crippen LogP contribution in [-0.2, 0) is 0 Å². The van der Waals surface area contributed by atoms with E-state index >= 15 is 0 Å². The zero-order chi connectivity index (χ0) is 11.2. The molecule has 0 aliphatic rings. The highest BCUT2D eigenvalue weighted by molar-refractivity contribution is 7.79. The Morgan fingerprint density at radius 3 is 0.750 bits per heavy atom. The van der Waals surface area contributed by atoms with E-state index in [1.807, 2.05) is 0 Å². The molecule has 0 saturated heterocycles. The molecule has 0 radical (unpaired) electrons. The minimum Gasteiger partial charge on any atom is -0.450 e. The molecule has 76 valence electrons. The van der Waals surface area contributed by atoms with Crippen LogP contribution in [0.15, 0.2) is 0 Å². The lowest BCUT2D eigenvalue weighted by Crippen LogP contribution is -1.81. The van der Waals surface area contributed by atoms with E-state index in [2.05, 4.69) is 25.3 Å². The first kappa shape index (κ1) is 22.5. The molecule has 0 aromatic carbocycles. The minimum absolute atomic E-state index is 1.69. The van der Waals surface area contributed by atoms with Crippen molar-refractivity contribution in [2.75, 3.05) is 12.5 Å². The van der Waals surface area contributed by atoms with Crippen molar-refractivity contribution in [1.82, 2.24) is 0 Å². The predicted octanol–water partition coefficient (Wildman–Crippen LogP) is 1.54. The maximum atomic E-state index is 8.56. The van der Waals surface area contributed by atoms with Crippen LogP contribution >= 0.6 is 25.3 Å². The molecule has 0 atom stereocenters. The molecular formula is C4H12O6S2. The summed E-state index contributed by atoms with van der Waals surface area (Å²) in [7, 11) is 0. The molecule has 0 heterocycles. The van der Waals surface area contributed by atoms with Crippen LogP contribution in [0.3, 0.4) is 0 Å². The van der Waals surface area contributed by atoms with E-state index in [4.69, 9.17) is 30.0 Å². The average molecular weight is 220 g/mol. The van der Waals surface area contributed by atoms with Crippen molar-refractivity contribution in [2.45, 2.75) is 0 Å². The van der Waals surface area contributed by atoms with Gasteiger partial charge in [-0.25, -0.2) is 9.59 Å². The van der Waals surface area contributed by atoms with E-state index in [-0.39, 0.29) is 0 Å². The van der Waals surface area contributed by atoms with Crippen molar-refractivity contribution in [2.24, 2.45) is 0 Å². The number of carboxylic acid groups (broad SMARTS) is 4. The van der Waals surface area contributed by atoms with Crippen LogP contribution in [0, 0.1) is 0 Å². The van der Waals surface area contributed by atoms with Crippen molar-refractivity contribution < 1.29 is 30.0 Å². The third-order valence-electron chi connectivity index (χ3n) is 0. The first-order chi connectivity index (χ1) is 5.46. The monoisotopic (exact) mass is 220 g/mol. The van der Waals surface area contributed by atoms with Crippen LogP contribution in [-0.4, -0.2) is 45.2 Å². The molecule has 6 nitrogen and oxygen atoms in total. The Labute approximate surface area is 80.7 Å². The second kappa shape index (κ2) is 31.8. The molecule has 0 unspecified atom stereocenters. The smallest absolute Gasteiger partial charge is 0.450 e. The summed E-state index contributed by atoms with van der Waals surface area (Å²) >= 11 is 7.06. The Balaban J connectivity index is -0.0000000380. The minimum atomic E-state index is -1.83. The second-order valence-corrected chi connectivity index (χ2v) is 0.565. The standard InChI is InChI=1S/2CH2O3.2CH4S/c2*2-1(3)4;2*1-2/h2*(H2,2,3,4);2*2H,1H3. The number of carbonyl (C=O) groups is 2. The van der Waals surface area contributed by atoms with Gasteiger partial charge in [0.25, 0.3) is 0 Å². The lowest BCUT2D eigenvalue weighted by molar-refractivity contribution is 0.135. The fraction of sp³-hybridized carbons (Fsp3) is 0.500. The van der Waals surface area contributed by atoms with Crippen molar-refractivity contribution in [1.29, 1.82) is 0 Å². The maximum Gasteiger partial charge on any atom is 0.503 e. The third kappa shape index (κ3) is 1090. The molecule has 4 N–H and O–H groups in total. The topological polar surface area (TPSA) is 115 Å². The van der Waals surface area contributed by atoms with Crippen LogP contribution in [0.5, 0.6) is 0 Å². The lowest BCUT2D eigenvalue weighted by Gasteiger charge is -1.60. The van der Waals surface area contributed by atoms with Crippen molar-refractivity contribution in [3.05, 3.63) is 0 Å². The van der Waals surface area contributed by atoms with Gasteiger partial charge in [0.05, 0.1) is 0 Å². The molecule has 0 aliphatic heterocycles. The predicted molar refractivity (Wildman–Crippen MR) is 51.1 cm³/mol. The molecule has 0 fully saturated rings. The quantitative estimate of drug-likeness (QED) is 0.345. The largest absolute Gasteiger partial charge is 0.503 e. The highest BCUT2D eigenvalue weighted by Gasteiger charge is 1.70. The number of hydrogen-bond acceptors (Lipinski definition) is 4. The van der Waals surface area contributed by atoms with Gasteiger partial charge in [0.15, 0.2) is 0 Å². The Hall–Kier alpha value is -0.760. The zero-order valence-electron chi connectivity index (χ0n) is 6.50. The van der Waals surface area contributed by atoms with Crippen LogP contribution in [0.2, 0.25) is 0 Å². The Kier molecular flexibility index (Phi) is 59.7. The van der Waals surface area contributed by atoms with Crippen molar-refractivity contribution in [3.8, 4) is 0 Å². The van der Waals surface area contributed by atoms with Crippen molar-refractivity contribution >= 4 is 37.6 Å². The van der Waals surface area contributed by atoms with E-state index < -0.39 is 12.3 Å². The summed E-state index contributed by atoms with van der Waals surface area (Å²) in [6.07, 6.45) is -0.278. The highest BCUT2D eigenvalue weighted by Crippen LogP contribution is 1.43. The van der Waals surface area contributed by atoms with Crippen LogP contribution in [0.25, 0.3) is 0 Å². The Morgan fingerprint density at radius 1 is 0.750 bits per heavy atom. The molecule has 8 heteroatoms. The van der Waals surface area contributed by atoms with Gasteiger partial charge in [-0.2, -0.15) is 25.3 Å². The molecule has 0 aliphatic carbocycles. The van der Waals surface area contributed by atoms with Crippen LogP contribution in [0.1, 0.15) is 0 Å². The Bertz CT molecular complexity index is 75.5. The molecule has 0 aromatic heterocycles.